The van der Waals surface area contributed by atoms with E-state index >= 15 is 0 Å². The molecule has 0 aromatic rings. The van der Waals surface area contributed by atoms with Crippen LogP contribution in [0.1, 0.15) is 252 Å². The Hall–Kier alpha value is -3.15. The highest BCUT2D eigenvalue weighted by Gasteiger charge is 2.19. The first-order valence-corrected chi connectivity index (χ1v) is 26.5. The second kappa shape index (κ2) is 51.5. The van der Waals surface area contributed by atoms with Crippen molar-refractivity contribution in [2.75, 3.05) is 13.2 Å². The molecule has 0 rings (SSSR count). The Kier molecular flexibility index (Phi) is 48.9. The van der Waals surface area contributed by atoms with Crippen molar-refractivity contribution < 1.29 is 28.6 Å². The second-order valence-corrected chi connectivity index (χ2v) is 17.5. The Morgan fingerprint density at radius 2 is 0.635 bits per heavy atom. The molecule has 0 fully saturated rings. The lowest BCUT2D eigenvalue weighted by Gasteiger charge is -2.18. The second-order valence-electron chi connectivity index (χ2n) is 17.5. The molecule has 0 spiro atoms. The van der Waals surface area contributed by atoms with Crippen molar-refractivity contribution >= 4 is 17.9 Å². The van der Waals surface area contributed by atoms with E-state index in [1.807, 2.05) is 48.6 Å². The summed E-state index contributed by atoms with van der Waals surface area (Å²) in [5, 5.41) is 0. The van der Waals surface area contributed by atoms with Crippen molar-refractivity contribution in [1.82, 2.24) is 0 Å². The summed E-state index contributed by atoms with van der Waals surface area (Å²) < 4.78 is 16.8. The minimum atomic E-state index is -0.797. The molecule has 0 bridgehead atoms. The first-order chi connectivity index (χ1) is 31.0. The van der Waals surface area contributed by atoms with Gasteiger partial charge in [-0.25, -0.2) is 0 Å². The number of ether oxygens (including phenoxy) is 3. The molecule has 63 heavy (non-hydrogen) atoms. The third kappa shape index (κ3) is 49.7. The van der Waals surface area contributed by atoms with Crippen molar-refractivity contribution in [1.29, 1.82) is 0 Å². The first-order valence-electron chi connectivity index (χ1n) is 26.5. The largest absolute Gasteiger partial charge is 0.462 e. The number of carbonyl (C=O) groups excluding carboxylic acids is 3. The van der Waals surface area contributed by atoms with E-state index in [1.165, 1.54) is 141 Å². The van der Waals surface area contributed by atoms with Gasteiger partial charge in [-0.15, -0.1) is 0 Å². The summed E-state index contributed by atoms with van der Waals surface area (Å²) in [5.41, 5.74) is 0. The fourth-order valence-electron chi connectivity index (χ4n) is 7.34. The minimum Gasteiger partial charge on any atom is -0.462 e. The van der Waals surface area contributed by atoms with Gasteiger partial charge in [0.2, 0.25) is 0 Å². The van der Waals surface area contributed by atoms with Crippen LogP contribution in [0.15, 0.2) is 72.9 Å². The minimum absolute atomic E-state index is 0.0924. The van der Waals surface area contributed by atoms with Gasteiger partial charge in [-0.1, -0.05) is 241 Å². The fourth-order valence-corrected chi connectivity index (χ4v) is 7.34. The van der Waals surface area contributed by atoms with E-state index < -0.39 is 6.10 Å². The number of esters is 3. The summed E-state index contributed by atoms with van der Waals surface area (Å²) in [4.78, 5) is 38.0. The molecule has 1 atom stereocenters. The maximum Gasteiger partial charge on any atom is 0.306 e. The predicted octanol–water partition coefficient (Wildman–Crippen LogP) is 17.4. The number of carbonyl (C=O) groups is 3. The molecule has 0 aliphatic rings. The Balaban J connectivity index is 4.44. The van der Waals surface area contributed by atoms with E-state index in [1.54, 1.807) is 0 Å². The molecule has 6 nitrogen and oxygen atoms in total. The van der Waals surface area contributed by atoms with E-state index in [0.29, 0.717) is 19.3 Å². The van der Waals surface area contributed by atoms with Crippen LogP contribution in [0.3, 0.4) is 0 Å². The van der Waals surface area contributed by atoms with Gasteiger partial charge < -0.3 is 14.2 Å². The zero-order valence-electron chi connectivity index (χ0n) is 41.3. The van der Waals surface area contributed by atoms with E-state index in [9.17, 15) is 14.4 Å². The lowest BCUT2D eigenvalue weighted by Crippen LogP contribution is -2.30. The molecule has 0 radical (unpaired) electrons. The van der Waals surface area contributed by atoms with Crippen LogP contribution in [0.5, 0.6) is 0 Å². The molecule has 0 amide bonds. The average molecular weight is 879 g/mol. The van der Waals surface area contributed by atoms with Gasteiger partial charge in [0.1, 0.15) is 13.2 Å². The van der Waals surface area contributed by atoms with E-state index in [0.717, 1.165) is 64.2 Å². The SMILES string of the molecule is CC\C=C/C=C\C=C/C=C\C=C/CCCCCC(=O)OC(COC(=O)CCCCCCCCC/C=C\CCCCCCCC)COC(=O)CCCCCCCCCCCCCCC. The number of rotatable bonds is 47. The van der Waals surface area contributed by atoms with Crippen molar-refractivity contribution in [3.8, 4) is 0 Å². The number of hydrogen-bond acceptors (Lipinski definition) is 6. The smallest absolute Gasteiger partial charge is 0.306 e. The standard InChI is InChI=1S/C57H98O6/c1-4-7-10-13-16-19-22-25-27-28-30-32-35-38-41-44-47-50-56(59)62-53-54(52-61-55(58)49-46-43-40-37-34-31-24-21-18-15-12-9-6-3)63-57(60)51-48-45-42-39-36-33-29-26-23-20-17-14-11-8-5-2/h8,11,14,17,20,23,25-27,29,33,36,54H,4-7,9-10,12-13,15-16,18-19,21-22,24,28,30-32,34-35,37-53H2,1-3H3/b11-8-,17-14-,23-20-,27-25-,29-26-,36-33-. The highest BCUT2D eigenvalue weighted by Crippen LogP contribution is 2.15. The van der Waals surface area contributed by atoms with Crippen molar-refractivity contribution in [2.45, 2.75) is 258 Å². The maximum atomic E-state index is 12.8. The van der Waals surface area contributed by atoms with Gasteiger partial charge >= 0.3 is 17.9 Å². The lowest BCUT2D eigenvalue weighted by atomic mass is 10.0. The van der Waals surface area contributed by atoms with Gasteiger partial charge in [0.15, 0.2) is 6.10 Å². The van der Waals surface area contributed by atoms with Crippen LogP contribution in [-0.2, 0) is 28.6 Å². The van der Waals surface area contributed by atoms with Gasteiger partial charge in [0.25, 0.3) is 0 Å². The topological polar surface area (TPSA) is 78.9 Å². The Morgan fingerprint density at radius 3 is 1.03 bits per heavy atom. The summed E-state index contributed by atoms with van der Waals surface area (Å²) in [6.07, 6.45) is 64.5. The molecule has 0 aliphatic heterocycles. The first kappa shape index (κ1) is 59.9. The van der Waals surface area contributed by atoms with Crippen LogP contribution in [0, 0.1) is 0 Å². The maximum absolute atomic E-state index is 12.8. The highest BCUT2D eigenvalue weighted by atomic mass is 16.6. The summed E-state index contributed by atoms with van der Waals surface area (Å²) in [7, 11) is 0. The normalized spacial score (nSPS) is 12.6. The number of allylic oxidation sites excluding steroid dienone is 12. The average Bonchev–Trinajstić information content (AvgIpc) is 3.28. The molecule has 1 unspecified atom stereocenters. The van der Waals surface area contributed by atoms with E-state index in [2.05, 4.69) is 45.1 Å². The van der Waals surface area contributed by atoms with Crippen LogP contribution in [0.2, 0.25) is 0 Å². The molecular formula is C57H98O6. The molecule has 0 aromatic heterocycles. The Labute approximate surface area is 389 Å². The van der Waals surface area contributed by atoms with Gasteiger partial charge in [-0.3, -0.25) is 14.4 Å². The molecule has 0 aromatic carbocycles. The Morgan fingerprint density at radius 1 is 0.333 bits per heavy atom. The van der Waals surface area contributed by atoms with Gasteiger partial charge in [-0.05, 0) is 64.2 Å². The van der Waals surface area contributed by atoms with Crippen molar-refractivity contribution in [3.63, 3.8) is 0 Å². The van der Waals surface area contributed by atoms with Gasteiger partial charge in [0, 0.05) is 19.3 Å². The molecular weight excluding hydrogens is 781 g/mol. The van der Waals surface area contributed by atoms with Gasteiger partial charge in [-0.2, -0.15) is 0 Å². The molecule has 362 valence electrons. The van der Waals surface area contributed by atoms with Crippen molar-refractivity contribution in [3.05, 3.63) is 72.9 Å². The third-order valence-corrected chi connectivity index (χ3v) is 11.3. The predicted molar refractivity (Wildman–Crippen MR) is 270 cm³/mol. The number of hydrogen-bond donors (Lipinski definition) is 0. The molecule has 6 heteroatoms. The summed E-state index contributed by atoms with van der Waals surface area (Å²) >= 11 is 0. The van der Waals surface area contributed by atoms with E-state index in [4.69, 9.17) is 14.2 Å². The van der Waals surface area contributed by atoms with Crippen molar-refractivity contribution in [2.24, 2.45) is 0 Å². The molecule has 0 saturated heterocycles. The van der Waals surface area contributed by atoms with Crippen LogP contribution >= 0.6 is 0 Å². The monoisotopic (exact) mass is 879 g/mol. The third-order valence-electron chi connectivity index (χ3n) is 11.3. The van der Waals surface area contributed by atoms with Crippen LogP contribution in [-0.4, -0.2) is 37.2 Å². The van der Waals surface area contributed by atoms with E-state index in [-0.39, 0.29) is 37.5 Å². The molecule has 0 heterocycles. The van der Waals surface area contributed by atoms with Crippen LogP contribution in [0.4, 0.5) is 0 Å². The van der Waals surface area contributed by atoms with Gasteiger partial charge in [0.05, 0.1) is 0 Å². The molecule has 0 aliphatic carbocycles. The molecule has 0 saturated carbocycles. The number of unbranched alkanes of at least 4 members (excludes halogenated alkanes) is 28. The summed E-state index contributed by atoms with van der Waals surface area (Å²) in [6.45, 7) is 6.46. The lowest BCUT2D eigenvalue weighted by molar-refractivity contribution is -0.167. The Bertz CT molecular complexity index is 1190. The summed E-state index contributed by atoms with van der Waals surface area (Å²) in [5.74, 6) is -0.934. The highest BCUT2D eigenvalue weighted by molar-refractivity contribution is 5.71. The molecule has 0 N–H and O–H groups in total. The van der Waals surface area contributed by atoms with Crippen LogP contribution < -0.4 is 0 Å². The zero-order chi connectivity index (χ0) is 45.8. The quantitative estimate of drug-likeness (QED) is 0.0199. The summed E-state index contributed by atoms with van der Waals surface area (Å²) in [6, 6.07) is 0. The fraction of sp³-hybridized carbons (Fsp3) is 0.737. The zero-order valence-corrected chi connectivity index (χ0v) is 41.3. The van der Waals surface area contributed by atoms with Crippen LogP contribution in [0.25, 0.3) is 0 Å².